The Morgan fingerprint density at radius 1 is 1.21 bits per heavy atom. The van der Waals surface area contributed by atoms with E-state index in [-0.39, 0.29) is 11.6 Å². The van der Waals surface area contributed by atoms with Crippen molar-refractivity contribution in [1.29, 1.82) is 0 Å². The van der Waals surface area contributed by atoms with Gasteiger partial charge in [-0.1, -0.05) is 41.4 Å². The van der Waals surface area contributed by atoms with Crippen molar-refractivity contribution in [2.24, 2.45) is 4.99 Å². The van der Waals surface area contributed by atoms with E-state index in [9.17, 15) is 4.79 Å². The van der Waals surface area contributed by atoms with Crippen LogP contribution in [0, 0.1) is 0 Å². The molecule has 0 saturated heterocycles. The third kappa shape index (κ3) is 3.45. The van der Waals surface area contributed by atoms with Crippen molar-refractivity contribution in [3.63, 3.8) is 0 Å². The lowest BCUT2D eigenvalue weighted by atomic mass is 10.1. The number of ether oxygens (including phenoxy) is 2. The molecule has 1 heterocycles. The van der Waals surface area contributed by atoms with E-state index < -0.39 is 5.97 Å². The van der Waals surface area contributed by atoms with Crippen LogP contribution in [-0.4, -0.2) is 18.5 Å². The van der Waals surface area contributed by atoms with E-state index in [0.29, 0.717) is 28.0 Å². The summed E-state index contributed by atoms with van der Waals surface area (Å²) in [6.07, 6.45) is 1.62. The largest absolute Gasteiger partial charge is 0.493 e. The Morgan fingerprint density at radius 3 is 2.79 bits per heavy atom. The van der Waals surface area contributed by atoms with Crippen LogP contribution in [0.5, 0.6) is 5.75 Å². The summed E-state index contributed by atoms with van der Waals surface area (Å²) in [7, 11) is 0. The molecule has 0 radical (unpaired) electrons. The Labute approximate surface area is 149 Å². The van der Waals surface area contributed by atoms with Crippen LogP contribution in [0.25, 0.3) is 6.08 Å². The molecule has 0 fully saturated rings. The summed E-state index contributed by atoms with van der Waals surface area (Å²) in [5, 5.41) is 0.884. The maximum atomic E-state index is 12.1. The van der Waals surface area contributed by atoms with Crippen molar-refractivity contribution in [2.45, 2.75) is 6.92 Å². The van der Waals surface area contributed by atoms with E-state index in [1.807, 2.05) is 31.2 Å². The lowest BCUT2D eigenvalue weighted by Crippen LogP contribution is -2.06. The van der Waals surface area contributed by atoms with E-state index >= 15 is 0 Å². The molecule has 1 aliphatic rings. The van der Waals surface area contributed by atoms with Crippen molar-refractivity contribution in [3.8, 4) is 5.75 Å². The predicted octanol–water partition coefficient (Wildman–Crippen LogP) is 4.74. The van der Waals surface area contributed by atoms with Crippen LogP contribution in [0.3, 0.4) is 0 Å². The number of nitrogens with zero attached hydrogens (tertiary/aromatic N) is 1. The van der Waals surface area contributed by atoms with E-state index in [2.05, 4.69) is 4.99 Å². The quantitative estimate of drug-likeness (QED) is 0.583. The molecule has 2 aromatic carbocycles. The third-order valence-electron chi connectivity index (χ3n) is 3.29. The Balaban J connectivity index is 1.99. The molecular weight excluding hydrogens is 349 g/mol. The zero-order chi connectivity index (χ0) is 17.1. The molecule has 0 N–H and O–H groups in total. The number of halogens is 2. The van der Waals surface area contributed by atoms with E-state index in [1.165, 1.54) is 0 Å². The molecule has 0 aromatic heterocycles. The summed E-state index contributed by atoms with van der Waals surface area (Å²) in [6.45, 7) is 2.42. The summed E-state index contributed by atoms with van der Waals surface area (Å²) < 4.78 is 10.8. The fourth-order valence-corrected chi connectivity index (χ4v) is 2.59. The highest BCUT2D eigenvalue weighted by Crippen LogP contribution is 2.28. The smallest absolute Gasteiger partial charge is 0.363 e. The highest BCUT2D eigenvalue weighted by Gasteiger charge is 2.26. The SMILES string of the molecule is CCOc1ccccc1/C=C1\N=C(c2cc(Cl)ccc2Cl)OC1=O. The zero-order valence-electron chi connectivity index (χ0n) is 12.8. The second kappa shape index (κ2) is 7.07. The molecule has 0 aliphatic carbocycles. The summed E-state index contributed by atoms with van der Waals surface area (Å²) in [4.78, 5) is 16.4. The Hall–Kier alpha value is -2.30. The van der Waals surface area contributed by atoms with Crippen LogP contribution >= 0.6 is 23.2 Å². The molecule has 24 heavy (non-hydrogen) atoms. The van der Waals surface area contributed by atoms with Crippen LogP contribution in [-0.2, 0) is 9.53 Å². The molecule has 1 aliphatic heterocycles. The van der Waals surface area contributed by atoms with Crippen molar-refractivity contribution in [3.05, 3.63) is 69.3 Å². The molecule has 0 saturated carbocycles. The number of esters is 1. The molecule has 6 heteroatoms. The number of carbonyl (C=O) groups is 1. The van der Waals surface area contributed by atoms with Crippen LogP contribution in [0.2, 0.25) is 10.0 Å². The Bertz CT molecular complexity index is 859. The van der Waals surface area contributed by atoms with Gasteiger partial charge in [0.25, 0.3) is 0 Å². The molecule has 0 amide bonds. The molecule has 0 unspecified atom stereocenters. The fourth-order valence-electron chi connectivity index (χ4n) is 2.22. The zero-order valence-corrected chi connectivity index (χ0v) is 14.3. The summed E-state index contributed by atoms with van der Waals surface area (Å²) in [5.74, 6) is 0.254. The van der Waals surface area contributed by atoms with Crippen LogP contribution in [0.4, 0.5) is 0 Å². The van der Waals surface area contributed by atoms with Gasteiger partial charge in [-0.2, -0.15) is 0 Å². The highest BCUT2D eigenvalue weighted by atomic mass is 35.5. The maximum Gasteiger partial charge on any atom is 0.363 e. The first-order valence-corrected chi connectivity index (χ1v) is 8.04. The second-order valence-electron chi connectivity index (χ2n) is 4.93. The Morgan fingerprint density at radius 2 is 2.00 bits per heavy atom. The van der Waals surface area contributed by atoms with Crippen LogP contribution in [0.15, 0.2) is 53.2 Å². The van der Waals surface area contributed by atoms with Crippen molar-refractivity contribution < 1.29 is 14.3 Å². The first-order chi connectivity index (χ1) is 11.6. The molecule has 122 valence electrons. The number of hydrogen-bond acceptors (Lipinski definition) is 4. The Kier molecular flexibility index (Phi) is 4.88. The number of aliphatic imine (C=N–C) groups is 1. The molecule has 0 spiro atoms. The number of carbonyl (C=O) groups excluding carboxylic acids is 1. The van der Waals surface area contributed by atoms with Crippen molar-refractivity contribution in [2.75, 3.05) is 6.61 Å². The minimum Gasteiger partial charge on any atom is -0.493 e. The molecule has 2 aromatic rings. The minimum atomic E-state index is -0.549. The van der Waals surface area contributed by atoms with Gasteiger partial charge in [0.1, 0.15) is 5.75 Å². The maximum absolute atomic E-state index is 12.1. The third-order valence-corrected chi connectivity index (χ3v) is 3.86. The lowest BCUT2D eigenvalue weighted by Gasteiger charge is -2.06. The number of hydrogen-bond donors (Lipinski definition) is 0. The summed E-state index contributed by atoms with van der Waals surface area (Å²) >= 11 is 12.1. The molecule has 4 nitrogen and oxygen atoms in total. The number of benzene rings is 2. The normalized spacial score (nSPS) is 15.4. The van der Waals surface area contributed by atoms with Gasteiger partial charge in [-0.05, 0) is 37.3 Å². The average molecular weight is 362 g/mol. The predicted molar refractivity (Wildman–Crippen MR) is 94.7 cm³/mol. The molecule has 3 rings (SSSR count). The molecule has 0 atom stereocenters. The van der Waals surface area contributed by atoms with Gasteiger partial charge in [0.15, 0.2) is 5.70 Å². The highest BCUT2D eigenvalue weighted by molar-refractivity contribution is 6.36. The second-order valence-corrected chi connectivity index (χ2v) is 5.77. The van der Waals surface area contributed by atoms with Crippen LogP contribution < -0.4 is 4.74 Å². The van der Waals surface area contributed by atoms with Gasteiger partial charge < -0.3 is 9.47 Å². The van der Waals surface area contributed by atoms with Gasteiger partial charge in [-0.3, -0.25) is 0 Å². The first-order valence-electron chi connectivity index (χ1n) is 7.28. The van der Waals surface area contributed by atoms with Crippen molar-refractivity contribution >= 4 is 41.1 Å². The number of para-hydroxylation sites is 1. The summed E-state index contributed by atoms with van der Waals surface area (Å²) in [6, 6.07) is 12.3. The topological polar surface area (TPSA) is 47.9 Å². The van der Waals surface area contributed by atoms with Gasteiger partial charge in [-0.25, -0.2) is 9.79 Å². The van der Waals surface area contributed by atoms with Crippen molar-refractivity contribution in [1.82, 2.24) is 0 Å². The van der Waals surface area contributed by atoms with E-state index in [0.717, 1.165) is 5.56 Å². The monoisotopic (exact) mass is 361 g/mol. The van der Waals surface area contributed by atoms with E-state index in [4.69, 9.17) is 32.7 Å². The standard InChI is InChI=1S/C18H13Cl2NO3/c1-2-23-16-6-4-3-5-11(16)9-15-18(22)24-17(21-15)13-10-12(19)7-8-14(13)20/h3-10H,2H2,1H3/b15-9-. The first kappa shape index (κ1) is 16.6. The van der Waals surface area contributed by atoms with Gasteiger partial charge in [0, 0.05) is 10.6 Å². The van der Waals surface area contributed by atoms with Gasteiger partial charge >= 0.3 is 5.97 Å². The lowest BCUT2D eigenvalue weighted by molar-refractivity contribution is -0.129. The molecular formula is C18H13Cl2NO3. The fraction of sp³-hybridized carbons (Fsp3) is 0.111. The minimum absolute atomic E-state index is 0.132. The number of cyclic esters (lactones) is 1. The molecule has 0 bridgehead atoms. The van der Waals surface area contributed by atoms with Gasteiger partial charge in [0.2, 0.25) is 5.90 Å². The summed E-state index contributed by atoms with van der Waals surface area (Å²) in [5.41, 5.74) is 1.39. The van der Waals surface area contributed by atoms with Crippen LogP contribution in [0.1, 0.15) is 18.1 Å². The number of rotatable bonds is 4. The van der Waals surface area contributed by atoms with E-state index in [1.54, 1.807) is 24.3 Å². The average Bonchev–Trinajstić information content (AvgIpc) is 2.92. The van der Waals surface area contributed by atoms with Gasteiger partial charge in [-0.15, -0.1) is 0 Å². The van der Waals surface area contributed by atoms with Gasteiger partial charge in [0.05, 0.1) is 17.2 Å².